The van der Waals surface area contributed by atoms with E-state index in [4.69, 9.17) is 10.5 Å². The number of ether oxygens (including phenoxy) is 1. The molecule has 0 aliphatic rings. The minimum absolute atomic E-state index is 0.635. The van der Waals surface area contributed by atoms with Crippen LogP contribution < -0.4 is 10.5 Å². The van der Waals surface area contributed by atoms with Crippen molar-refractivity contribution in [2.75, 3.05) is 12.3 Å². The zero-order valence-corrected chi connectivity index (χ0v) is 9.96. The number of benzene rings is 1. The van der Waals surface area contributed by atoms with E-state index in [2.05, 4.69) is 4.98 Å². The number of thiazole rings is 1. The van der Waals surface area contributed by atoms with Crippen LogP contribution >= 0.6 is 11.3 Å². The molecule has 0 fully saturated rings. The van der Waals surface area contributed by atoms with Crippen molar-refractivity contribution in [2.45, 2.75) is 13.3 Å². The van der Waals surface area contributed by atoms with Gasteiger partial charge in [0.1, 0.15) is 5.75 Å². The van der Waals surface area contributed by atoms with Crippen LogP contribution in [-0.2, 0) is 6.42 Å². The van der Waals surface area contributed by atoms with Crippen molar-refractivity contribution < 1.29 is 4.74 Å². The molecule has 0 aliphatic carbocycles. The van der Waals surface area contributed by atoms with Crippen LogP contribution in [0.4, 0.5) is 5.69 Å². The number of hydrogen-bond acceptors (Lipinski definition) is 4. The van der Waals surface area contributed by atoms with E-state index >= 15 is 0 Å². The lowest BCUT2D eigenvalue weighted by atomic mass is 10.1. The van der Waals surface area contributed by atoms with Crippen molar-refractivity contribution in [3.63, 3.8) is 0 Å². The smallest absolute Gasteiger partial charge is 0.142 e. The quantitative estimate of drug-likeness (QED) is 0.827. The molecule has 3 nitrogen and oxygen atoms in total. The molecule has 2 rings (SSSR count). The highest BCUT2D eigenvalue weighted by Gasteiger charge is 2.03. The Kier molecular flexibility index (Phi) is 3.41. The van der Waals surface area contributed by atoms with Crippen LogP contribution in [0.3, 0.4) is 0 Å². The summed E-state index contributed by atoms with van der Waals surface area (Å²) in [5, 5.41) is 3.08. The maximum absolute atomic E-state index is 5.89. The molecule has 1 aromatic heterocycles. The van der Waals surface area contributed by atoms with Crippen molar-refractivity contribution in [1.82, 2.24) is 4.98 Å². The molecule has 1 heterocycles. The highest BCUT2D eigenvalue weighted by Crippen LogP contribution is 2.24. The van der Waals surface area contributed by atoms with Gasteiger partial charge in [-0.3, -0.25) is 0 Å². The average Bonchev–Trinajstić information content (AvgIpc) is 2.75. The molecule has 0 bridgehead atoms. The van der Waals surface area contributed by atoms with Crippen LogP contribution in [0, 0.1) is 0 Å². The molecule has 0 radical (unpaired) electrons. The molecule has 16 heavy (non-hydrogen) atoms. The minimum Gasteiger partial charge on any atom is -0.492 e. The van der Waals surface area contributed by atoms with Gasteiger partial charge in [0, 0.05) is 18.0 Å². The van der Waals surface area contributed by atoms with Gasteiger partial charge in [-0.1, -0.05) is 6.07 Å². The van der Waals surface area contributed by atoms with Crippen LogP contribution in [0.2, 0.25) is 0 Å². The molecule has 4 heteroatoms. The number of anilines is 1. The Labute approximate surface area is 98.9 Å². The Hall–Kier alpha value is -1.55. The molecule has 0 amide bonds. The predicted molar refractivity (Wildman–Crippen MR) is 66.9 cm³/mol. The topological polar surface area (TPSA) is 48.1 Å². The first-order chi connectivity index (χ1) is 7.79. The number of nitrogen functional groups attached to an aromatic ring is 1. The molecule has 0 saturated carbocycles. The second-order valence-electron chi connectivity index (χ2n) is 3.41. The lowest BCUT2D eigenvalue weighted by Gasteiger charge is -2.07. The summed E-state index contributed by atoms with van der Waals surface area (Å²) in [5.74, 6) is 0.755. The third kappa shape index (κ3) is 2.52. The van der Waals surface area contributed by atoms with Crippen molar-refractivity contribution in [3.8, 4) is 5.75 Å². The van der Waals surface area contributed by atoms with Gasteiger partial charge < -0.3 is 10.5 Å². The van der Waals surface area contributed by atoms with Gasteiger partial charge >= 0.3 is 0 Å². The first-order valence-corrected chi connectivity index (χ1v) is 6.07. The molecule has 2 N–H and O–H groups in total. The van der Waals surface area contributed by atoms with Crippen molar-refractivity contribution in [1.29, 1.82) is 0 Å². The summed E-state index contributed by atoms with van der Waals surface area (Å²) in [6, 6.07) is 5.90. The molecule has 0 atom stereocenters. The second-order valence-corrected chi connectivity index (χ2v) is 4.39. The highest BCUT2D eigenvalue weighted by atomic mass is 32.1. The van der Waals surface area contributed by atoms with Crippen molar-refractivity contribution >= 4 is 17.0 Å². The molecular weight excluding hydrogens is 220 g/mol. The van der Waals surface area contributed by atoms with E-state index in [9.17, 15) is 0 Å². The van der Waals surface area contributed by atoms with E-state index in [-0.39, 0.29) is 0 Å². The zero-order valence-electron chi connectivity index (χ0n) is 9.14. The lowest BCUT2D eigenvalue weighted by molar-refractivity contribution is 0.342. The van der Waals surface area contributed by atoms with Crippen LogP contribution in [0.1, 0.15) is 17.5 Å². The maximum atomic E-state index is 5.89. The van der Waals surface area contributed by atoms with E-state index in [0.29, 0.717) is 12.3 Å². The average molecular weight is 234 g/mol. The van der Waals surface area contributed by atoms with Gasteiger partial charge in [-0.15, -0.1) is 11.3 Å². The van der Waals surface area contributed by atoms with Crippen molar-refractivity contribution in [2.24, 2.45) is 0 Å². The van der Waals surface area contributed by atoms with Gasteiger partial charge in [-0.25, -0.2) is 4.98 Å². The summed E-state index contributed by atoms with van der Waals surface area (Å²) in [5.41, 5.74) is 7.75. The number of rotatable bonds is 4. The van der Waals surface area contributed by atoms with E-state index in [1.807, 2.05) is 36.7 Å². The van der Waals surface area contributed by atoms with Gasteiger partial charge in [0.25, 0.3) is 0 Å². The summed E-state index contributed by atoms with van der Waals surface area (Å²) in [7, 11) is 0. The molecular formula is C12H14N2OS. The molecule has 0 saturated heterocycles. The van der Waals surface area contributed by atoms with E-state index in [1.165, 1.54) is 0 Å². The van der Waals surface area contributed by atoms with Gasteiger partial charge in [0.15, 0.2) is 0 Å². The monoisotopic (exact) mass is 234 g/mol. The third-order valence-electron chi connectivity index (χ3n) is 2.21. The van der Waals surface area contributed by atoms with Gasteiger partial charge in [0.05, 0.1) is 17.3 Å². The second kappa shape index (κ2) is 4.99. The summed E-state index contributed by atoms with van der Waals surface area (Å²) in [6.45, 7) is 2.58. The Balaban J connectivity index is 2.15. The molecule has 1 aromatic carbocycles. The SMILES string of the molecule is CCOc1ccc(Cc2nccs2)cc1N. The first kappa shape index (κ1) is 11.0. The fourth-order valence-electron chi connectivity index (χ4n) is 1.51. The normalized spacial score (nSPS) is 10.3. The summed E-state index contributed by atoms with van der Waals surface area (Å²) >= 11 is 1.65. The molecule has 84 valence electrons. The van der Waals surface area contributed by atoms with Crippen LogP contribution in [0.25, 0.3) is 0 Å². The maximum Gasteiger partial charge on any atom is 0.142 e. The van der Waals surface area contributed by atoms with Crippen molar-refractivity contribution in [3.05, 3.63) is 40.3 Å². The molecule has 2 aromatic rings. The lowest BCUT2D eigenvalue weighted by Crippen LogP contribution is -1.98. The summed E-state index contributed by atoms with van der Waals surface area (Å²) < 4.78 is 5.39. The van der Waals surface area contributed by atoms with Gasteiger partial charge in [0.2, 0.25) is 0 Å². The number of aromatic nitrogens is 1. The summed E-state index contributed by atoms with van der Waals surface area (Å²) in [6.07, 6.45) is 2.65. The van der Waals surface area contributed by atoms with Gasteiger partial charge in [-0.05, 0) is 24.6 Å². The Morgan fingerprint density at radius 2 is 2.31 bits per heavy atom. The fourth-order valence-corrected chi connectivity index (χ4v) is 2.16. The third-order valence-corrected chi connectivity index (χ3v) is 2.99. The van der Waals surface area contributed by atoms with Gasteiger partial charge in [-0.2, -0.15) is 0 Å². The zero-order chi connectivity index (χ0) is 11.4. The Bertz CT molecular complexity index is 454. The minimum atomic E-state index is 0.635. The van der Waals surface area contributed by atoms with E-state index in [0.717, 1.165) is 22.7 Å². The molecule has 0 spiro atoms. The Morgan fingerprint density at radius 1 is 1.44 bits per heavy atom. The fraction of sp³-hybridized carbons (Fsp3) is 0.250. The molecule has 0 unspecified atom stereocenters. The summed E-state index contributed by atoms with van der Waals surface area (Å²) in [4.78, 5) is 4.25. The van der Waals surface area contributed by atoms with E-state index in [1.54, 1.807) is 11.3 Å². The standard InChI is InChI=1S/C12H14N2OS/c1-2-15-11-4-3-9(7-10(11)13)8-12-14-5-6-16-12/h3-7H,2,8,13H2,1H3. The number of hydrogen-bond donors (Lipinski definition) is 1. The van der Waals surface area contributed by atoms with Crippen LogP contribution in [0.5, 0.6) is 5.75 Å². The van der Waals surface area contributed by atoms with Crippen LogP contribution in [0.15, 0.2) is 29.8 Å². The Morgan fingerprint density at radius 3 is 2.94 bits per heavy atom. The number of nitrogens with zero attached hydrogens (tertiary/aromatic N) is 1. The predicted octanol–water partition coefficient (Wildman–Crippen LogP) is 2.71. The molecule has 0 aliphatic heterocycles. The first-order valence-electron chi connectivity index (χ1n) is 5.19. The van der Waals surface area contributed by atoms with Crippen LogP contribution in [-0.4, -0.2) is 11.6 Å². The largest absolute Gasteiger partial charge is 0.492 e. The number of nitrogens with two attached hydrogens (primary N) is 1. The van der Waals surface area contributed by atoms with E-state index < -0.39 is 0 Å². The highest BCUT2D eigenvalue weighted by molar-refractivity contribution is 7.09.